The van der Waals surface area contributed by atoms with E-state index in [-0.39, 0.29) is 19.1 Å². The molecule has 5 nitrogen and oxygen atoms in total. The molecule has 0 spiro atoms. The van der Waals surface area contributed by atoms with E-state index in [1.165, 1.54) is 11.0 Å². The molecule has 3 aromatic rings. The van der Waals surface area contributed by atoms with Gasteiger partial charge in [-0.25, -0.2) is 4.39 Å². The lowest BCUT2D eigenvalue weighted by molar-refractivity contribution is -0.142. The highest BCUT2D eigenvalue weighted by atomic mass is 79.9. The number of carbonyl (C=O) groups excluding carboxylic acids is 2. The van der Waals surface area contributed by atoms with E-state index in [0.29, 0.717) is 24.3 Å². The number of hydrogen-bond donors (Lipinski definition) is 1. The lowest BCUT2D eigenvalue weighted by Crippen LogP contribution is -2.52. The summed E-state index contributed by atoms with van der Waals surface area (Å²) in [6, 6.07) is 20.7. The first-order valence-corrected chi connectivity index (χ1v) is 13.5. The minimum absolute atomic E-state index is 0.0521. The molecule has 0 saturated heterocycles. The largest absolute Gasteiger partial charge is 0.483 e. The standard InChI is InChI=1S/C30H34BrFN2O3/c1-3-5-17-33-30(36)27(19-23-11-7-6-8-12-23)34(20-24-13-9-10-14-26(24)32)29(35)21-37-28-16-15-22(4-2)18-25(28)31/h6-16,18,27H,3-5,17,19-21H2,1-2H3,(H,33,36). The second kappa shape index (κ2) is 14.5. The van der Waals surface area contributed by atoms with Gasteiger partial charge in [-0.05, 0) is 58.1 Å². The van der Waals surface area contributed by atoms with E-state index in [1.54, 1.807) is 18.2 Å². The third-order valence-corrected chi connectivity index (χ3v) is 6.77. The van der Waals surface area contributed by atoms with Crippen LogP contribution in [0.1, 0.15) is 43.4 Å². The van der Waals surface area contributed by atoms with Gasteiger partial charge in [-0.3, -0.25) is 9.59 Å². The van der Waals surface area contributed by atoms with Gasteiger partial charge in [0.1, 0.15) is 17.6 Å². The zero-order chi connectivity index (χ0) is 26.6. The Kier molecular flexibility index (Phi) is 11.1. The molecule has 0 aliphatic rings. The Morgan fingerprint density at radius 1 is 1.00 bits per heavy atom. The summed E-state index contributed by atoms with van der Waals surface area (Å²) in [5.74, 6) is -0.566. The number of unbranched alkanes of at least 4 members (excludes halogenated alkanes) is 1. The number of halogens is 2. The van der Waals surface area contributed by atoms with Gasteiger partial charge in [-0.15, -0.1) is 0 Å². The first-order valence-electron chi connectivity index (χ1n) is 12.7. The molecule has 0 saturated carbocycles. The van der Waals surface area contributed by atoms with Crippen molar-refractivity contribution in [2.24, 2.45) is 0 Å². The van der Waals surface area contributed by atoms with Crippen LogP contribution in [0, 0.1) is 5.82 Å². The van der Waals surface area contributed by atoms with Gasteiger partial charge in [-0.2, -0.15) is 0 Å². The maximum Gasteiger partial charge on any atom is 0.261 e. The van der Waals surface area contributed by atoms with Crippen molar-refractivity contribution >= 4 is 27.7 Å². The molecule has 3 rings (SSSR count). The number of carbonyl (C=O) groups is 2. The van der Waals surface area contributed by atoms with Crippen molar-refractivity contribution in [3.05, 3.63) is 99.8 Å². The zero-order valence-electron chi connectivity index (χ0n) is 21.4. The molecule has 196 valence electrons. The van der Waals surface area contributed by atoms with Crippen LogP contribution in [0.15, 0.2) is 77.3 Å². The summed E-state index contributed by atoms with van der Waals surface area (Å²) in [5.41, 5.74) is 2.38. The Labute approximate surface area is 227 Å². The van der Waals surface area contributed by atoms with Gasteiger partial charge < -0.3 is 15.0 Å². The van der Waals surface area contributed by atoms with Gasteiger partial charge in [0.25, 0.3) is 5.91 Å². The predicted octanol–water partition coefficient (Wildman–Crippen LogP) is 6.09. The summed E-state index contributed by atoms with van der Waals surface area (Å²) < 4.78 is 21.3. The summed E-state index contributed by atoms with van der Waals surface area (Å²) >= 11 is 3.51. The molecule has 0 aromatic heterocycles. The SMILES string of the molecule is CCCCNC(=O)C(Cc1ccccc1)N(Cc1ccccc1F)C(=O)COc1ccc(CC)cc1Br. The first-order chi connectivity index (χ1) is 17.9. The van der Waals surface area contributed by atoms with Crippen molar-refractivity contribution in [3.63, 3.8) is 0 Å². The monoisotopic (exact) mass is 568 g/mol. The van der Waals surface area contributed by atoms with Crippen molar-refractivity contribution in [1.29, 1.82) is 0 Å². The number of ether oxygens (including phenoxy) is 1. The van der Waals surface area contributed by atoms with Crippen LogP contribution in [-0.2, 0) is 29.0 Å². The molecular weight excluding hydrogens is 535 g/mol. The fourth-order valence-corrected chi connectivity index (χ4v) is 4.51. The quantitative estimate of drug-likeness (QED) is 0.254. The van der Waals surface area contributed by atoms with Gasteiger partial charge in [0, 0.05) is 25.1 Å². The number of rotatable bonds is 13. The van der Waals surface area contributed by atoms with Crippen LogP contribution >= 0.6 is 15.9 Å². The molecule has 37 heavy (non-hydrogen) atoms. The molecule has 0 aliphatic heterocycles. The number of hydrogen-bond acceptors (Lipinski definition) is 3. The molecule has 1 N–H and O–H groups in total. The average Bonchev–Trinajstić information content (AvgIpc) is 2.91. The van der Waals surface area contributed by atoms with Crippen LogP contribution in [0.2, 0.25) is 0 Å². The zero-order valence-corrected chi connectivity index (χ0v) is 23.0. The Balaban J connectivity index is 1.90. The van der Waals surface area contributed by atoms with Crippen molar-refractivity contribution in [2.75, 3.05) is 13.2 Å². The number of benzene rings is 3. The fourth-order valence-electron chi connectivity index (χ4n) is 3.97. The highest BCUT2D eigenvalue weighted by molar-refractivity contribution is 9.10. The summed E-state index contributed by atoms with van der Waals surface area (Å²) in [6.07, 6.45) is 2.94. The highest BCUT2D eigenvalue weighted by Crippen LogP contribution is 2.26. The topological polar surface area (TPSA) is 58.6 Å². The summed E-state index contributed by atoms with van der Waals surface area (Å²) in [5, 5.41) is 2.96. The molecule has 0 aliphatic carbocycles. The molecule has 1 atom stereocenters. The second-order valence-corrected chi connectivity index (χ2v) is 9.72. The molecule has 3 aromatic carbocycles. The minimum atomic E-state index is -0.833. The van der Waals surface area contributed by atoms with Gasteiger partial charge in [0.15, 0.2) is 6.61 Å². The fraction of sp³-hybridized carbons (Fsp3) is 0.333. The molecule has 0 fully saturated rings. The molecule has 0 radical (unpaired) electrons. The van der Waals surface area contributed by atoms with Crippen molar-refractivity contribution < 1.29 is 18.7 Å². The molecule has 2 amide bonds. The van der Waals surface area contributed by atoms with E-state index >= 15 is 0 Å². The van der Waals surface area contributed by atoms with Crippen LogP contribution < -0.4 is 10.1 Å². The van der Waals surface area contributed by atoms with Crippen LogP contribution in [0.5, 0.6) is 5.75 Å². The van der Waals surface area contributed by atoms with E-state index in [1.807, 2.05) is 55.5 Å². The van der Waals surface area contributed by atoms with Gasteiger partial charge in [0.2, 0.25) is 5.91 Å². The van der Waals surface area contributed by atoms with Crippen LogP contribution in [0.3, 0.4) is 0 Å². The number of amides is 2. The smallest absolute Gasteiger partial charge is 0.261 e. The number of nitrogens with zero attached hydrogens (tertiary/aromatic N) is 1. The van der Waals surface area contributed by atoms with E-state index in [9.17, 15) is 14.0 Å². The highest BCUT2D eigenvalue weighted by Gasteiger charge is 2.31. The van der Waals surface area contributed by atoms with Gasteiger partial charge in [-0.1, -0.05) is 74.9 Å². The van der Waals surface area contributed by atoms with Crippen LogP contribution in [-0.4, -0.2) is 35.9 Å². The Morgan fingerprint density at radius 3 is 2.41 bits per heavy atom. The minimum Gasteiger partial charge on any atom is -0.483 e. The summed E-state index contributed by atoms with van der Waals surface area (Å²) in [7, 11) is 0. The third kappa shape index (κ3) is 8.42. The normalized spacial score (nSPS) is 11.6. The Morgan fingerprint density at radius 2 is 1.73 bits per heavy atom. The van der Waals surface area contributed by atoms with E-state index in [0.717, 1.165) is 34.9 Å². The van der Waals surface area contributed by atoms with Crippen molar-refractivity contribution in [1.82, 2.24) is 10.2 Å². The Bertz CT molecular complexity index is 1170. The third-order valence-electron chi connectivity index (χ3n) is 6.15. The average molecular weight is 570 g/mol. The van der Waals surface area contributed by atoms with Crippen molar-refractivity contribution in [2.45, 2.75) is 52.1 Å². The van der Waals surface area contributed by atoms with Crippen LogP contribution in [0.4, 0.5) is 4.39 Å². The molecule has 1 unspecified atom stereocenters. The van der Waals surface area contributed by atoms with E-state index in [4.69, 9.17) is 4.74 Å². The lowest BCUT2D eigenvalue weighted by Gasteiger charge is -2.31. The Hall–Kier alpha value is -3.19. The van der Waals surface area contributed by atoms with E-state index in [2.05, 4.69) is 28.2 Å². The molecule has 7 heteroatoms. The molecule has 0 bridgehead atoms. The number of aryl methyl sites for hydroxylation is 1. The first kappa shape index (κ1) is 28.4. The number of nitrogens with one attached hydrogen (secondary N) is 1. The van der Waals surface area contributed by atoms with Gasteiger partial charge >= 0.3 is 0 Å². The maximum atomic E-state index is 14.7. The molecular formula is C30H34BrFN2O3. The van der Waals surface area contributed by atoms with Crippen molar-refractivity contribution in [3.8, 4) is 5.75 Å². The van der Waals surface area contributed by atoms with Gasteiger partial charge in [0.05, 0.1) is 4.47 Å². The maximum absolute atomic E-state index is 14.7. The summed E-state index contributed by atoms with van der Waals surface area (Å²) in [6.45, 7) is 4.28. The van der Waals surface area contributed by atoms with Crippen LogP contribution in [0.25, 0.3) is 0 Å². The summed E-state index contributed by atoms with van der Waals surface area (Å²) in [4.78, 5) is 28.4. The second-order valence-electron chi connectivity index (χ2n) is 8.87. The lowest BCUT2D eigenvalue weighted by atomic mass is 10.0. The van der Waals surface area contributed by atoms with E-state index < -0.39 is 17.8 Å². The molecule has 0 heterocycles. The predicted molar refractivity (Wildman–Crippen MR) is 148 cm³/mol.